The highest BCUT2D eigenvalue weighted by Crippen LogP contribution is 2.27. The third-order valence-electron chi connectivity index (χ3n) is 5.32. The summed E-state index contributed by atoms with van der Waals surface area (Å²) in [5.74, 6) is -0.473. The number of benzene rings is 2. The quantitative estimate of drug-likeness (QED) is 0.690. The molecule has 0 saturated carbocycles. The smallest absolute Gasteiger partial charge is 0.272 e. The molecule has 29 heavy (non-hydrogen) atoms. The maximum atomic E-state index is 13.3. The molecule has 3 aromatic rings. The highest BCUT2D eigenvalue weighted by molar-refractivity contribution is 5.94. The largest absolute Gasteiger partial charge is 0.380 e. The first-order valence-corrected chi connectivity index (χ1v) is 9.88. The normalized spacial score (nSPS) is 13.2. The zero-order chi connectivity index (χ0) is 20.2. The van der Waals surface area contributed by atoms with E-state index in [-0.39, 0.29) is 11.7 Å². The Hall–Kier alpha value is -2.99. The molecule has 0 spiro atoms. The Morgan fingerprint density at radius 2 is 1.83 bits per heavy atom. The van der Waals surface area contributed by atoms with E-state index in [0.717, 1.165) is 53.8 Å². The van der Waals surface area contributed by atoms with E-state index in [4.69, 9.17) is 4.74 Å². The summed E-state index contributed by atoms with van der Waals surface area (Å²) in [7, 11) is 1.66. The number of nitrogens with zero attached hydrogens (tertiary/aromatic N) is 2. The zero-order valence-electron chi connectivity index (χ0n) is 16.5. The SMILES string of the molecule is COCc1ccccc1CNC(=O)c1nn(-c2ccc(F)cc2)c2c1CCCC2. The molecule has 150 valence electrons. The van der Waals surface area contributed by atoms with Crippen LogP contribution < -0.4 is 5.32 Å². The van der Waals surface area contributed by atoms with Crippen molar-refractivity contribution in [2.75, 3.05) is 7.11 Å². The van der Waals surface area contributed by atoms with Crippen LogP contribution >= 0.6 is 0 Å². The van der Waals surface area contributed by atoms with Gasteiger partial charge >= 0.3 is 0 Å². The number of amides is 1. The molecule has 1 aliphatic rings. The van der Waals surface area contributed by atoms with E-state index >= 15 is 0 Å². The van der Waals surface area contributed by atoms with Crippen LogP contribution in [0.4, 0.5) is 4.39 Å². The van der Waals surface area contributed by atoms with Gasteiger partial charge in [-0.05, 0) is 61.1 Å². The van der Waals surface area contributed by atoms with Crippen LogP contribution in [0.15, 0.2) is 48.5 Å². The lowest BCUT2D eigenvalue weighted by atomic mass is 9.95. The van der Waals surface area contributed by atoms with E-state index in [0.29, 0.717) is 18.8 Å². The number of carbonyl (C=O) groups excluding carboxylic acids is 1. The van der Waals surface area contributed by atoms with Gasteiger partial charge in [-0.15, -0.1) is 0 Å². The Morgan fingerprint density at radius 3 is 2.59 bits per heavy atom. The molecule has 1 N–H and O–H groups in total. The second kappa shape index (κ2) is 8.57. The van der Waals surface area contributed by atoms with Crippen LogP contribution in [0.5, 0.6) is 0 Å². The van der Waals surface area contributed by atoms with E-state index < -0.39 is 0 Å². The number of ether oxygens (including phenoxy) is 1. The molecule has 1 heterocycles. The predicted molar refractivity (Wildman–Crippen MR) is 108 cm³/mol. The third kappa shape index (κ3) is 4.07. The molecular weight excluding hydrogens is 369 g/mol. The first-order chi connectivity index (χ1) is 14.2. The van der Waals surface area contributed by atoms with Crippen molar-refractivity contribution in [3.63, 3.8) is 0 Å². The molecule has 2 aromatic carbocycles. The molecule has 5 nitrogen and oxygen atoms in total. The van der Waals surface area contributed by atoms with E-state index in [9.17, 15) is 9.18 Å². The lowest BCUT2D eigenvalue weighted by Gasteiger charge is -2.14. The minimum absolute atomic E-state index is 0.184. The summed E-state index contributed by atoms with van der Waals surface area (Å²) in [6.07, 6.45) is 3.80. The first kappa shape index (κ1) is 19.3. The lowest BCUT2D eigenvalue weighted by Crippen LogP contribution is -2.25. The van der Waals surface area contributed by atoms with Gasteiger partial charge in [-0.2, -0.15) is 5.10 Å². The van der Waals surface area contributed by atoms with Crippen molar-refractivity contribution in [3.8, 4) is 5.69 Å². The van der Waals surface area contributed by atoms with Crippen molar-refractivity contribution >= 4 is 5.91 Å². The number of aromatic nitrogens is 2. The predicted octanol–water partition coefficient (Wildman–Crippen LogP) is 3.97. The summed E-state index contributed by atoms with van der Waals surface area (Å²) >= 11 is 0. The van der Waals surface area contributed by atoms with Crippen molar-refractivity contribution in [1.29, 1.82) is 0 Å². The molecular formula is C23H24FN3O2. The number of rotatable bonds is 6. The molecule has 0 fully saturated rings. The molecule has 0 radical (unpaired) electrons. The van der Waals surface area contributed by atoms with Gasteiger partial charge in [0, 0.05) is 24.9 Å². The van der Waals surface area contributed by atoms with Crippen LogP contribution in [0.1, 0.15) is 45.7 Å². The van der Waals surface area contributed by atoms with Gasteiger partial charge in [0.15, 0.2) is 5.69 Å². The Bertz CT molecular complexity index is 1010. The topological polar surface area (TPSA) is 56.1 Å². The Kier molecular flexibility index (Phi) is 5.71. The van der Waals surface area contributed by atoms with Gasteiger partial charge in [0.2, 0.25) is 0 Å². The maximum absolute atomic E-state index is 13.3. The summed E-state index contributed by atoms with van der Waals surface area (Å²) in [5.41, 5.74) is 5.36. The highest BCUT2D eigenvalue weighted by Gasteiger charge is 2.25. The Morgan fingerprint density at radius 1 is 1.10 bits per heavy atom. The molecule has 6 heteroatoms. The number of methoxy groups -OCH3 is 1. The molecule has 0 atom stereocenters. The fraction of sp³-hybridized carbons (Fsp3) is 0.304. The van der Waals surface area contributed by atoms with E-state index in [2.05, 4.69) is 10.4 Å². The third-order valence-corrected chi connectivity index (χ3v) is 5.32. The van der Waals surface area contributed by atoms with Crippen LogP contribution in [0.25, 0.3) is 5.69 Å². The molecule has 1 amide bonds. The fourth-order valence-electron chi connectivity index (χ4n) is 3.86. The Labute approximate surface area is 169 Å². The van der Waals surface area contributed by atoms with Gasteiger partial charge in [-0.25, -0.2) is 9.07 Å². The number of halogens is 1. The summed E-state index contributed by atoms with van der Waals surface area (Å²) in [5, 5.41) is 7.63. The highest BCUT2D eigenvalue weighted by atomic mass is 19.1. The van der Waals surface area contributed by atoms with Crippen molar-refractivity contribution in [1.82, 2.24) is 15.1 Å². The first-order valence-electron chi connectivity index (χ1n) is 9.88. The second-order valence-electron chi connectivity index (χ2n) is 7.25. The zero-order valence-corrected chi connectivity index (χ0v) is 16.5. The molecule has 0 unspecified atom stereocenters. The number of hydrogen-bond acceptors (Lipinski definition) is 3. The van der Waals surface area contributed by atoms with Gasteiger partial charge < -0.3 is 10.1 Å². The van der Waals surface area contributed by atoms with Crippen molar-refractivity contribution in [3.05, 3.63) is 82.4 Å². The van der Waals surface area contributed by atoms with Crippen molar-refractivity contribution in [2.45, 2.75) is 38.8 Å². The molecule has 4 rings (SSSR count). The summed E-state index contributed by atoms with van der Waals surface area (Å²) < 4.78 is 20.4. The minimum Gasteiger partial charge on any atom is -0.380 e. The molecule has 0 bridgehead atoms. The van der Waals surface area contributed by atoms with Gasteiger partial charge in [0.05, 0.1) is 12.3 Å². The molecule has 1 aromatic heterocycles. The maximum Gasteiger partial charge on any atom is 0.272 e. The van der Waals surface area contributed by atoms with Gasteiger partial charge in [0.25, 0.3) is 5.91 Å². The number of carbonyl (C=O) groups is 1. The molecule has 0 saturated heterocycles. The fourth-order valence-corrected chi connectivity index (χ4v) is 3.86. The van der Waals surface area contributed by atoms with Crippen molar-refractivity contribution < 1.29 is 13.9 Å². The van der Waals surface area contributed by atoms with E-state index in [1.807, 2.05) is 24.3 Å². The van der Waals surface area contributed by atoms with Gasteiger partial charge in [-0.1, -0.05) is 24.3 Å². The average Bonchev–Trinajstić information content (AvgIpc) is 3.13. The summed E-state index contributed by atoms with van der Waals surface area (Å²) in [4.78, 5) is 13.0. The van der Waals surface area contributed by atoms with Crippen molar-refractivity contribution in [2.24, 2.45) is 0 Å². The van der Waals surface area contributed by atoms with Crippen LogP contribution in [0, 0.1) is 5.82 Å². The van der Waals surface area contributed by atoms with Crippen LogP contribution in [0.3, 0.4) is 0 Å². The Balaban J connectivity index is 1.60. The van der Waals surface area contributed by atoms with E-state index in [1.54, 1.807) is 23.9 Å². The van der Waals surface area contributed by atoms with Gasteiger partial charge in [0.1, 0.15) is 5.82 Å². The van der Waals surface area contributed by atoms with Crippen LogP contribution in [0.2, 0.25) is 0 Å². The second-order valence-corrected chi connectivity index (χ2v) is 7.25. The molecule has 1 aliphatic carbocycles. The standard InChI is InChI=1S/C23H24FN3O2/c1-29-15-17-7-3-2-6-16(17)14-25-23(28)22-20-8-4-5-9-21(20)27(26-22)19-12-10-18(24)11-13-19/h2-3,6-7,10-13H,4-5,8-9,14-15H2,1H3,(H,25,28). The minimum atomic E-state index is -0.289. The van der Waals surface area contributed by atoms with Gasteiger partial charge in [-0.3, -0.25) is 4.79 Å². The monoisotopic (exact) mass is 393 g/mol. The van der Waals surface area contributed by atoms with Crippen LogP contribution in [-0.2, 0) is 30.7 Å². The molecule has 0 aliphatic heterocycles. The number of fused-ring (bicyclic) bond motifs is 1. The number of hydrogen-bond donors (Lipinski definition) is 1. The summed E-state index contributed by atoms with van der Waals surface area (Å²) in [6.45, 7) is 0.914. The number of nitrogens with one attached hydrogen (secondary N) is 1. The van der Waals surface area contributed by atoms with E-state index in [1.165, 1.54) is 12.1 Å². The van der Waals surface area contributed by atoms with Crippen LogP contribution in [-0.4, -0.2) is 22.8 Å². The average molecular weight is 393 g/mol. The summed E-state index contributed by atoms with van der Waals surface area (Å²) in [6, 6.07) is 14.1. The lowest BCUT2D eigenvalue weighted by molar-refractivity contribution is 0.0944.